The van der Waals surface area contributed by atoms with Crippen molar-refractivity contribution in [3.8, 4) is 0 Å². The zero-order chi connectivity index (χ0) is 19.8. The number of nitrogens with zero attached hydrogens (tertiary/aromatic N) is 3. The molecule has 1 aliphatic rings. The van der Waals surface area contributed by atoms with Crippen molar-refractivity contribution in [3.63, 3.8) is 0 Å². The smallest absolute Gasteiger partial charge is 0.317 e. The maximum atomic E-state index is 12.8. The number of carbonyl (C=O) groups excluding carboxylic acids is 1. The van der Waals surface area contributed by atoms with Crippen LogP contribution in [-0.4, -0.2) is 26.9 Å². The number of aromatic nitrogens is 2. The van der Waals surface area contributed by atoms with E-state index in [9.17, 15) is 9.59 Å². The molecule has 29 heavy (non-hydrogen) atoms. The summed E-state index contributed by atoms with van der Waals surface area (Å²) in [6.07, 6.45) is 2.29. The van der Waals surface area contributed by atoms with Gasteiger partial charge in [-0.15, -0.1) is 0 Å². The number of fused-ring (bicyclic) bond motifs is 3. The molecule has 4 aromatic rings. The molecular formula is C23H20N4O2. The fourth-order valence-corrected chi connectivity index (χ4v) is 3.95. The minimum atomic E-state index is -0.166. The van der Waals surface area contributed by atoms with Crippen molar-refractivity contribution in [2.45, 2.75) is 19.5 Å². The molecule has 1 aliphatic heterocycles. The van der Waals surface area contributed by atoms with Crippen molar-refractivity contribution in [1.29, 1.82) is 0 Å². The molecule has 0 saturated carbocycles. The maximum Gasteiger partial charge on any atom is 0.317 e. The molecule has 0 unspecified atom stereocenters. The quantitative estimate of drug-likeness (QED) is 0.577. The summed E-state index contributed by atoms with van der Waals surface area (Å²) >= 11 is 0. The van der Waals surface area contributed by atoms with E-state index < -0.39 is 0 Å². The topological polar surface area (TPSA) is 66.7 Å². The van der Waals surface area contributed by atoms with Gasteiger partial charge in [-0.05, 0) is 28.5 Å². The Kier molecular flexibility index (Phi) is 4.24. The van der Waals surface area contributed by atoms with Crippen LogP contribution in [0.15, 0.2) is 71.7 Å². The standard InChI is InChI=1S/C23H20N4O2/c28-22-19-15-26(13-11-20(19)25-21-10-3-4-12-27(21)22)23(29)24-14-17-8-5-7-16-6-1-2-9-18(16)17/h1-10,12H,11,13-15H2,(H,24,29). The summed E-state index contributed by atoms with van der Waals surface area (Å²) in [5, 5.41) is 5.29. The Bertz CT molecular complexity index is 1290. The number of urea groups is 1. The number of benzene rings is 2. The molecule has 0 radical (unpaired) electrons. The Balaban J connectivity index is 1.36. The highest BCUT2D eigenvalue weighted by molar-refractivity contribution is 5.86. The van der Waals surface area contributed by atoms with Crippen LogP contribution in [0.4, 0.5) is 4.79 Å². The lowest BCUT2D eigenvalue weighted by atomic mass is 10.0. The Morgan fingerprint density at radius 3 is 2.79 bits per heavy atom. The Morgan fingerprint density at radius 2 is 1.86 bits per heavy atom. The molecule has 2 amide bonds. The average molecular weight is 384 g/mol. The van der Waals surface area contributed by atoms with Crippen molar-refractivity contribution in [1.82, 2.24) is 19.6 Å². The van der Waals surface area contributed by atoms with Crippen LogP contribution in [0.2, 0.25) is 0 Å². The molecule has 6 heteroatoms. The molecule has 1 N–H and O–H groups in total. The van der Waals surface area contributed by atoms with Gasteiger partial charge in [0.1, 0.15) is 5.65 Å². The van der Waals surface area contributed by atoms with E-state index in [1.807, 2.05) is 36.4 Å². The van der Waals surface area contributed by atoms with Gasteiger partial charge < -0.3 is 10.2 Å². The second kappa shape index (κ2) is 7.05. The first-order valence-electron chi connectivity index (χ1n) is 9.69. The van der Waals surface area contributed by atoms with Gasteiger partial charge in [-0.1, -0.05) is 48.5 Å². The molecular weight excluding hydrogens is 364 g/mol. The van der Waals surface area contributed by atoms with Crippen molar-refractivity contribution in [2.75, 3.05) is 6.54 Å². The van der Waals surface area contributed by atoms with Crippen molar-refractivity contribution in [3.05, 3.63) is 94.0 Å². The summed E-state index contributed by atoms with van der Waals surface area (Å²) in [5.74, 6) is 0. The molecule has 0 saturated heterocycles. The monoisotopic (exact) mass is 384 g/mol. The molecule has 6 nitrogen and oxygen atoms in total. The Morgan fingerprint density at radius 1 is 1.03 bits per heavy atom. The van der Waals surface area contributed by atoms with E-state index in [0.717, 1.165) is 22.0 Å². The molecule has 0 fully saturated rings. The zero-order valence-electron chi connectivity index (χ0n) is 15.8. The minimum Gasteiger partial charge on any atom is -0.334 e. The molecule has 2 aromatic heterocycles. The highest BCUT2D eigenvalue weighted by atomic mass is 16.2. The second-order valence-corrected chi connectivity index (χ2v) is 7.24. The van der Waals surface area contributed by atoms with Crippen LogP contribution in [0.3, 0.4) is 0 Å². The van der Waals surface area contributed by atoms with Gasteiger partial charge in [0.15, 0.2) is 0 Å². The third-order valence-corrected chi connectivity index (χ3v) is 5.48. The zero-order valence-corrected chi connectivity index (χ0v) is 15.8. The molecule has 0 aliphatic carbocycles. The SMILES string of the molecule is O=C(NCc1cccc2ccccc12)N1CCc2nc3ccccn3c(=O)c2C1. The van der Waals surface area contributed by atoms with Crippen LogP contribution in [0, 0.1) is 0 Å². The molecule has 0 bridgehead atoms. The summed E-state index contributed by atoms with van der Waals surface area (Å²) in [6.45, 7) is 1.27. The number of rotatable bonds is 2. The summed E-state index contributed by atoms with van der Waals surface area (Å²) in [5.41, 5.74) is 3.00. The van der Waals surface area contributed by atoms with E-state index in [1.54, 1.807) is 17.2 Å². The number of carbonyl (C=O) groups is 1. The number of hydrogen-bond acceptors (Lipinski definition) is 3. The highest BCUT2D eigenvalue weighted by Gasteiger charge is 2.24. The molecule has 5 rings (SSSR count). The largest absolute Gasteiger partial charge is 0.334 e. The molecule has 0 atom stereocenters. The fourth-order valence-electron chi connectivity index (χ4n) is 3.95. The van der Waals surface area contributed by atoms with Crippen LogP contribution < -0.4 is 10.9 Å². The molecule has 144 valence electrons. The number of pyridine rings is 1. The van der Waals surface area contributed by atoms with E-state index in [1.165, 1.54) is 4.40 Å². The van der Waals surface area contributed by atoms with E-state index in [2.05, 4.69) is 28.5 Å². The van der Waals surface area contributed by atoms with Crippen LogP contribution in [0.1, 0.15) is 16.8 Å². The van der Waals surface area contributed by atoms with Gasteiger partial charge in [-0.3, -0.25) is 9.20 Å². The van der Waals surface area contributed by atoms with Crippen LogP contribution in [0.5, 0.6) is 0 Å². The van der Waals surface area contributed by atoms with Crippen molar-refractivity contribution >= 4 is 22.5 Å². The first-order valence-corrected chi connectivity index (χ1v) is 9.69. The van der Waals surface area contributed by atoms with Gasteiger partial charge in [-0.25, -0.2) is 9.78 Å². The second-order valence-electron chi connectivity index (χ2n) is 7.24. The summed E-state index contributed by atoms with van der Waals surface area (Å²) < 4.78 is 1.54. The lowest BCUT2D eigenvalue weighted by molar-refractivity contribution is 0.191. The van der Waals surface area contributed by atoms with Gasteiger partial charge in [0.25, 0.3) is 5.56 Å². The number of nitrogens with one attached hydrogen (secondary N) is 1. The van der Waals surface area contributed by atoms with Crippen molar-refractivity contribution in [2.24, 2.45) is 0 Å². The first kappa shape index (κ1) is 17.4. The normalized spacial score (nSPS) is 13.4. The van der Waals surface area contributed by atoms with Gasteiger partial charge in [-0.2, -0.15) is 0 Å². The molecule has 3 heterocycles. The predicted molar refractivity (Wildman–Crippen MR) is 112 cm³/mol. The molecule has 2 aromatic carbocycles. The number of amides is 2. The van der Waals surface area contributed by atoms with E-state index in [0.29, 0.717) is 30.7 Å². The third kappa shape index (κ3) is 3.12. The lowest BCUT2D eigenvalue weighted by Crippen LogP contribution is -2.44. The lowest BCUT2D eigenvalue weighted by Gasteiger charge is -2.28. The Hall–Kier alpha value is -3.67. The third-order valence-electron chi connectivity index (χ3n) is 5.48. The molecule has 0 spiro atoms. The van der Waals surface area contributed by atoms with E-state index in [-0.39, 0.29) is 18.1 Å². The Labute approximate surface area is 167 Å². The van der Waals surface area contributed by atoms with Gasteiger partial charge in [0, 0.05) is 25.7 Å². The van der Waals surface area contributed by atoms with Crippen molar-refractivity contribution < 1.29 is 4.79 Å². The van der Waals surface area contributed by atoms with E-state index in [4.69, 9.17) is 0 Å². The highest BCUT2D eigenvalue weighted by Crippen LogP contribution is 2.19. The van der Waals surface area contributed by atoms with Gasteiger partial charge >= 0.3 is 6.03 Å². The predicted octanol–water partition coefficient (Wildman–Crippen LogP) is 3.12. The minimum absolute atomic E-state index is 0.0999. The number of hydrogen-bond donors (Lipinski definition) is 1. The van der Waals surface area contributed by atoms with Crippen LogP contribution in [-0.2, 0) is 19.5 Å². The maximum absolute atomic E-state index is 12.8. The van der Waals surface area contributed by atoms with Crippen LogP contribution >= 0.6 is 0 Å². The summed E-state index contributed by atoms with van der Waals surface area (Å²) in [6, 6.07) is 19.5. The first-order chi connectivity index (χ1) is 14.2. The average Bonchev–Trinajstić information content (AvgIpc) is 2.77. The van der Waals surface area contributed by atoms with E-state index >= 15 is 0 Å². The van der Waals surface area contributed by atoms with Gasteiger partial charge in [0.2, 0.25) is 0 Å². The summed E-state index contributed by atoms with van der Waals surface area (Å²) in [4.78, 5) is 31.9. The van der Waals surface area contributed by atoms with Gasteiger partial charge in [0.05, 0.1) is 17.8 Å². The van der Waals surface area contributed by atoms with Crippen LogP contribution in [0.25, 0.3) is 16.4 Å². The summed E-state index contributed by atoms with van der Waals surface area (Å²) in [7, 11) is 0. The fraction of sp³-hybridized carbons (Fsp3) is 0.174.